The van der Waals surface area contributed by atoms with E-state index in [2.05, 4.69) is 32.5 Å². The number of aliphatic hydroxyl groups excluding tert-OH is 1. The summed E-state index contributed by atoms with van der Waals surface area (Å²) in [5.41, 5.74) is 0. The predicted octanol–water partition coefficient (Wildman–Crippen LogP) is 2.93. The highest BCUT2D eigenvalue weighted by atomic mass is 32.2. The van der Waals surface area contributed by atoms with Crippen molar-refractivity contribution in [2.24, 2.45) is 5.92 Å². The lowest BCUT2D eigenvalue weighted by Gasteiger charge is -2.17. The molecule has 0 saturated carbocycles. The van der Waals surface area contributed by atoms with Crippen molar-refractivity contribution in [3.05, 3.63) is 0 Å². The van der Waals surface area contributed by atoms with Gasteiger partial charge in [-0.25, -0.2) is 0 Å². The van der Waals surface area contributed by atoms with Gasteiger partial charge >= 0.3 is 0 Å². The molecule has 12 heavy (non-hydrogen) atoms. The van der Waals surface area contributed by atoms with E-state index >= 15 is 0 Å². The largest absolute Gasteiger partial charge is 0.396 e. The number of thioether (sulfide) groups is 1. The van der Waals surface area contributed by atoms with Gasteiger partial charge in [-0.2, -0.15) is 11.8 Å². The molecule has 0 aliphatic rings. The zero-order valence-electron chi connectivity index (χ0n) is 8.55. The van der Waals surface area contributed by atoms with Crippen molar-refractivity contribution in [2.75, 3.05) is 12.4 Å². The van der Waals surface area contributed by atoms with Gasteiger partial charge in [0.2, 0.25) is 0 Å². The third-order valence-electron chi connectivity index (χ3n) is 1.99. The third-order valence-corrected chi connectivity index (χ3v) is 3.63. The maximum absolute atomic E-state index is 8.90. The van der Waals surface area contributed by atoms with Crippen LogP contribution in [0.4, 0.5) is 0 Å². The first-order valence-corrected chi connectivity index (χ1v) is 6.01. The first-order valence-electron chi connectivity index (χ1n) is 4.97. The van der Waals surface area contributed by atoms with E-state index in [4.69, 9.17) is 5.11 Å². The minimum Gasteiger partial charge on any atom is -0.396 e. The Morgan fingerprint density at radius 2 is 2.00 bits per heavy atom. The summed E-state index contributed by atoms with van der Waals surface area (Å²) in [7, 11) is 0. The van der Waals surface area contributed by atoms with Crippen LogP contribution in [-0.2, 0) is 0 Å². The summed E-state index contributed by atoms with van der Waals surface area (Å²) in [4.78, 5) is 0. The maximum Gasteiger partial charge on any atom is 0.0457 e. The maximum atomic E-state index is 8.90. The molecule has 0 saturated heterocycles. The van der Waals surface area contributed by atoms with E-state index in [1.807, 2.05) is 0 Å². The van der Waals surface area contributed by atoms with E-state index < -0.39 is 0 Å². The zero-order valence-corrected chi connectivity index (χ0v) is 9.36. The van der Waals surface area contributed by atoms with Crippen LogP contribution in [0.25, 0.3) is 0 Å². The molecule has 0 aromatic carbocycles. The Morgan fingerprint density at radius 1 is 1.33 bits per heavy atom. The highest BCUT2D eigenvalue weighted by molar-refractivity contribution is 7.99. The molecule has 0 heterocycles. The smallest absolute Gasteiger partial charge is 0.0457 e. The Bertz CT molecular complexity index is 95.8. The molecule has 0 fully saturated rings. The van der Waals surface area contributed by atoms with Crippen LogP contribution in [0.15, 0.2) is 0 Å². The van der Waals surface area contributed by atoms with Crippen LogP contribution in [0, 0.1) is 5.92 Å². The summed E-state index contributed by atoms with van der Waals surface area (Å²) >= 11 is 2.05. The lowest BCUT2D eigenvalue weighted by atomic mass is 10.1. The Kier molecular flexibility index (Phi) is 8.14. The van der Waals surface area contributed by atoms with Gasteiger partial charge in [-0.1, -0.05) is 20.8 Å². The summed E-state index contributed by atoms with van der Waals surface area (Å²) in [6, 6.07) is 0. The molecular weight excluding hydrogens is 168 g/mol. The SMILES string of the molecule is CCCSC(CC)CC(C)CO. The van der Waals surface area contributed by atoms with Gasteiger partial charge in [-0.3, -0.25) is 0 Å². The highest BCUT2D eigenvalue weighted by Gasteiger charge is 2.10. The van der Waals surface area contributed by atoms with E-state index in [9.17, 15) is 0 Å². The summed E-state index contributed by atoms with van der Waals surface area (Å²) in [5.74, 6) is 1.73. The van der Waals surface area contributed by atoms with Gasteiger partial charge in [0.15, 0.2) is 0 Å². The first kappa shape index (κ1) is 12.3. The molecule has 74 valence electrons. The van der Waals surface area contributed by atoms with Gasteiger partial charge in [0.25, 0.3) is 0 Å². The Balaban J connectivity index is 3.51. The van der Waals surface area contributed by atoms with Crippen molar-refractivity contribution in [3.8, 4) is 0 Å². The molecule has 0 amide bonds. The molecule has 0 rings (SSSR count). The van der Waals surface area contributed by atoms with Gasteiger partial charge in [-0.15, -0.1) is 0 Å². The van der Waals surface area contributed by atoms with Crippen molar-refractivity contribution in [2.45, 2.75) is 45.3 Å². The summed E-state index contributed by atoms with van der Waals surface area (Å²) in [5, 5.41) is 9.65. The van der Waals surface area contributed by atoms with Gasteiger partial charge in [-0.05, 0) is 30.9 Å². The molecule has 1 N–H and O–H groups in total. The van der Waals surface area contributed by atoms with Crippen LogP contribution in [0.3, 0.4) is 0 Å². The monoisotopic (exact) mass is 190 g/mol. The van der Waals surface area contributed by atoms with Crippen LogP contribution >= 0.6 is 11.8 Å². The minimum absolute atomic E-state index is 0.336. The van der Waals surface area contributed by atoms with Crippen LogP contribution in [0.5, 0.6) is 0 Å². The van der Waals surface area contributed by atoms with Crippen molar-refractivity contribution in [1.29, 1.82) is 0 Å². The fourth-order valence-corrected chi connectivity index (χ4v) is 2.43. The fourth-order valence-electron chi connectivity index (χ4n) is 1.16. The standard InChI is InChI=1S/C10H22OS/c1-4-6-12-10(5-2)7-9(3)8-11/h9-11H,4-8H2,1-3H3. The van der Waals surface area contributed by atoms with Crippen LogP contribution in [0.1, 0.15) is 40.0 Å². The second-order valence-electron chi connectivity index (χ2n) is 3.42. The first-order chi connectivity index (χ1) is 5.74. The predicted molar refractivity (Wildman–Crippen MR) is 57.7 cm³/mol. The van der Waals surface area contributed by atoms with Crippen molar-refractivity contribution < 1.29 is 5.11 Å². The van der Waals surface area contributed by atoms with E-state index in [0.717, 1.165) is 11.7 Å². The van der Waals surface area contributed by atoms with E-state index in [-0.39, 0.29) is 0 Å². The number of rotatable bonds is 7. The van der Waals surface area contributed by atoms with Gasteiger partial charge in [0.05, 0.1) is 0 Å². The summed E-state index contributed by atoms with van der Waals surface area (Å²) in [6.07, 6.45) is 3.65. The molecule has 2 heteroatoms. The molecule has 0 aromatic rings. The molecule has 0 spiro atoms. The van der Waals surface area contributed by atoms with Crippen LogP contribution in [-0.4, -0.2) is 22.7 Å². The highest BCUT2D eigenvalue weighted by Crippen LogP contribution is 2.22. The van der Waals surface area contributed by atoms with Gasteiger partial charge < -0.3 is 5.11 Å². The molecule has 2 unspecified atom stereocenters. The van der Waals surface area contributed by atoms with E-state index in [1.165, 1.54) is 18.6 Å². The molecule has 0 aliphatic carbocycles. The quantitative estimate of drug-likeness (QED) is 0.666. The second kappa shape index (κ2) is 7.93. The van der Waals surface area contributed by atoms with Crippen molar-refractivity contribution in [1.82, 2.24) is 0 Å². The van der Waals surface area contributed by atoms with E-state index in [0.29, 0.717) is 12.5 Å². The van der Waals surface area contributed by atoms with E-state index in [1.54, 1.807) is 0 Å². The average Bonchev–Trinajstić information content (AvgIpc) is 2.11. The summed E-state index contributed by atoms with van der Waals surface area (Å²) in [6.45, 7) is 6.91. The molecule has 0 aliphatic heterocycles. The lowest BCUT2D eigenvalue weighted by molar-refractivity contribution is 0.229. The van der Waals surface area contributed by atoms with Crippen LogP contribution in [0.2, 0.25) is 0 Å². The number of hydrogen-bond acceptors (Lipinski definition) is 2. The Morgan fingerprint density at radius 3 is 2.42 bits per heavy atom. The average molecular weight is 190 g/mol. The Hall–Kier alpha value is 0.310. The second-order valence-corrected chi connectivity index (χ2v) is 4.83. The van der Waals surface area contributed by atoms with Crippen LogP contribution < -0.4 is 0 Å². The zero-order chi connectivity index (χ0) is 9.40. The summed E-state index contributed by atoms with van der Waals surface area (Å²) < 4.78 is 0. The molecule has 2 atom stereocenters. The fraction of sp³-hybridized carbons (Fsp3) is 1.00. The number of aliphatic hydroxyl groups is 1. The normalized spacial score (nSPS) is 16.0. The topological polar surface area (TPSA) is 20.2 Å². The van der Waals surface area contributed by atoms with Gasteiger partial charge in [0.1, 0.15) is 0 Å². The Labute approximate surface area is 80.9 Å². The molecule has 0 aromatic heterocycles. The molecule has 1 nitrogen and oxygen atoms in total. The third kappa shape index (κ3) is 5.90. The number of hydrogen-bond donors (Lipinski definition) is 1. The van der Waals surface area contributed by atoms with Gasteiger partial charge in [0, 0.05) is 11.9 Å². The van der Waals surface area contributed by atoms with Crippen molar-refractivity contribution >= 4 is 11.8 Å². The molecule has 0 radical (unpaired) electrons. The minimum atomic E-state index is 0.336. The van der Waals surface area contributed by atoms with Crippen molar-refractivity contribution in [3.63, 3.8) is 0 Å². The molecule has 0 bridgehead atoms. The lowest BCUT2D eigenvalue weighted by Crippen LogP contribution is -2.11. The molecular formula is C10H22OS.